The molecule has 42 heavy (non-hydrogen) atoms. The predicted octanol–water partition coefficient (Wildman–Crippen LogP) is 7.25. The SMILES string of the molecule is CC1(C)CCc2c(sc(NC(=O)c3ccc4c(c3)CNCC4)c2C(=O)c2cnn(-c3ccc(Cl)c(C(F)(F)F)c3)c2)C1. The number of amides is 1. The molecule has 3 heterocycles. The van der Waals surface area contributed by atoms with E-state index in [0.29, 0.717) is 29.1 Å². The van der Waals surface area contributed by atoms with Crippen LogP contribution < -0.4 is 10.6 Å². The average Bonchev–Trinajstić information content (AvgIpc) is 3.56. The lowest BCUT2D eigenvalue weighted by molar-refractivity contribution is -0.137. The number of hydrogen-bond donors (Lipinski definition) is 2. The monoisotopic (exact) mass is 612 g/mol. The van der Waals surface area contributed by atoms with E-state index in [1.807, 2.05) is 18.2 Å². The molecule has 0 radical (unpaired) electrons. The number of alkyl halides is 3. The number of carbonyl (C=O) groups excluding carboxylic acids is 2. The predicted molar refractivity (Wildman–Crippen MR) is 157 cm³/mol. The van der Waals surface area contributed by atoms with Crippen LogP contribution in [-0.2, 0) is 32.0 Å². The Morgan fingerprint density at radius 1 is 1.10 bits per heavy atom. The van der Waals surface area contributed by atoms with Crippen LogP contribution in [0.5, 0.6) is 0 Å². The molecular formula is C31H28ClF3N4O2S. The number of benzene rings is 2. The molecule has 2 aliphatic rings. The molecule has 0 atom stereocenters. The van der Waals surface area contributed by atoms with Gasteiger partial charge >= 0.3 is 6.18 Å². The van der Waals surface area contributed by atoms with Crippen molar-refractivity contribution in [3.8, 4) is 5.69 Å². The van der Waals surface area contributed by atoms with E-state index in [9.17, 15) is 22.8 Å². The van der Waals surface area contributed by atoms with Crippen LogP contribution in [0.4, 0.5) is 18.2 Å². The van der Waals surface area contributed by atoms with Crippen LogP contribution in [0.15, 0.2) is 48.8 Å². The quantitative estimate of drug-likeness (QED) is 0.233. The van der Waals surface area contributed by atoms with Gasteiger partial charge in [-0.1, -0.05) is 31.5 Å². The van der Waals surface area contributed by atoms with Gasteiger partial charge in [0.15, 0.2) is 5.78 Å². The lowest BCUT2D eigenvalue weighted by Gasteiger charge is -2.29. The second kappa shape index (κ2) is 10.7. The van der Waals surface area contributed by atoms with Crippen molar-refractivity contribution in [1.82, 2.24) is 15.1 Å². The molecular weight excluding hydrogens is 585 g/mol. The first-order valence-corrected chi connectivity index (χ1v) is 14.8. The Bertz CT molecular complexity index is 1720. The maximum atomic E-state index is 14.0. The Hall–Kier alpha value is -3.47. The van der Waals surface area contributed by atoms with Gasteiger partial charge < -0.3 is 10.6 Å². The molecule has 0 fully saturated rings. The Kier molecular flexibility index (Phi) is 7.27. The van der Waals surface area contributed by atoms with E-state index in [2.05, 4.69) is 29.6 Å². The van der Waals surface area contributed by atoms with Gasteiger partial charge in [-0.05, 0) is 84.7 Å². The van der Waals surface area contributed by atoms with Gasteiger partial charge in [0.25, 0.3) is 5.91 Å². The fourth-order valence-corrected chi connectivity index (χ4v) is 7.35. The summed E-state index contributed by atoms with van der Waals surface area (Å²) in [7, 11) is 0. The molecule has 6 rings (SSSR count). The van der Waals surface area contributed by atoms with Gasteiger partial charge in [-0.25, -0.2) is 4.68 Å². The molecule has 2 aromatic carbocycles. The fourth-order valence-electron chi connectivity index (χ4n) is 5.63. The number of fused-ring (bicyclic) bond motifs is 2. The Labute approximate surface area is 249 Å². The molecule has 4 aromatic rings. The lowest BCUT2D eigenvalue weighted by Crippen LogP contribution is -2.24. The molecule has 11 heteroatoms. The highest BCUT2D eigenvalue weighted by molar-refractivity contribution is 7.17. The van der Waals surface area contributed by atoms with E-state index in [-0.39, 0.29) is 28.4 Å². The number of anilines is 1. The molecule has 0 spiro atoms. The van der Waals surface area contributed by atoms with Crippen molar-refractivity contribution in [3.63, 3.8) is 0 Å². The van der Waals surface area contributed by atoms with E-state index >= 15 is 0 Å². The molecule has 0 saturated heterocycles. The molecule has 0 unspecified atom stereocenters. The van der Waals surface area contributed by atoms with Crippen LogP contribution in [0, 0.1) is 5.41 Å². The van der Waals surface area contributed by atoms with Crippen molar-refractivity contribution in [2.24, 2.45) is 5.41 Å². The third kappa shape index (κ3) is 5.50. The summed E-state index contributed by atoms with van der Waals surface area (Å²) in [4.78, 5) is 28.5. The van der Waals surface area contributed by atoms with Crippen LogP contribution >= 0.6 is 22.9 Å². The Balaban J connectivity index is 1.34. The number of nitrogens with one attached hydrogen (secondary N) is 2. The van der Waals surface area contributed by atoms with Crippen molar-refractivity contribution < 1.29 is 22.8 Å². The van der Waals surface area contributed by atoms with Crippen LogP contribution in [0.2, 0.25) is 5.02 Å². The summed E-state index contributed by atoms with van der Waals surface area (Å²) < 4.78 is 41.5. The number of aromatic nitrogens is 2. The van der Waals surface area contributed by atoms with Gasteiger partial charge in [-0.3, -0.25) is 9.59 Å². The van der Waals surface area contributed by atoms with Crippen molar-refractivity contribution >= 4 is 39.6 Å². The van der Waals surface area contributed by atoms with E-state index in [1.54, 1.807) is 0 Å². The zero-order valence-electron chi connectivity index (χ0n) is 23.0. The van der Waals surface area contributed by atoms with Crippen molar-refractivity contribution in [1.29, 1.82) is 0 Å². The second-order valence-electron chi connectivity index (χ2n) is 11.6. The van der Waals surface area contributed by atoms with Gasteiger partial charge in [0.1, 0.15) is 5.00 Å². The first-order chi connectivity index (χ1) is 19.9. The highest BCUT2D eigenvalue weighted by atomic mass is 35.5. The standard InChI is InChI=1S/C31H28ClF3N4O2S/c1-30(2)9-7-22-25(13-30)42-29(38-28(41)18-4-3-17-8-10-36-14-19(17)11-18)26(22)27(40)20-15-37-39(16-20)21-5-6-24(32)23(12-21)31(33,34)35/h3-6,11-12,15-16,36H,7-10,13-14H2,1-2H3,(H,38,41). The summed E-state index contributed by atoms with van der Waals surface area (Å²) in [6.07, 6.45) is 1.35. The highest BCUT2D eigenvalue weighted by Crippen LogP contribution is 2.45. The topological polar surface area (TPSA) is 76.0 Å². The van der Waals surface area contributed by atoms with Crippen LogP contribution in [0.1, 0.15) is 73.7 Å². The normalized spacial score (nSPS) is 16.0. The fraction of sp³-hybridized carbons (Fsp3) is 0.323. The lowest BCUT2D eigenvalue weighted by atomic mass is 9.76. The van der Waals surface area contributed by atoms with E-state index in [4.69, 9.17) is 11.6 Å². The largest absolute Gasteiger partial charge is 0.417 e. The first-order valence-electron chi connectivity index (χ1n) is 13.6. The zero-order valence-corrected chi connectivity index (χ0v) is 24.6. The van der Waals surface area contributed by atoms with E-state index in [0.717, 1.165) is 53.9 Å². The van der Waals surface area contributed by atoms with Gasteiger partial charge in [0.2, 0.25) is 0 Å². The highest BCUT2D eigenvalue weighted by Gasteiger charge is 2.35. The second-order valence-corrected chi connectivity index (χ2v) is 13.1. The van der Waals surface area contributed by atoms with Crippen LogP contribution in [0.25, 0.3) is 5.69 Å². The van der Waals surface area contributed by atoms with Crippen LogP contribution in [-0.4, -0.2) is 28.0 Å². The minimum absolute atomic E-state index is 0.0562. The van der Waals surface area contributed by atoms with E-state index in [1.165, 1.54) is 40.0 Å². The molecule has 1 aliphatic carbocycles. The van der Waals surface area contributed by atoms with Gasteiger partial charge in [0, 0.05) is 23.2 Å². The number of thiophene rings is 1. The zero-order chi connectivity index (χ0) is 29.8. The molecule has 0 bridgehead atoms. The maximum absolute atomic E-state index is 14.0. The summed E-state index contributed by atoms with van der Waals surface area (Å²) in [5, 5.41) is 10.6. The third-order valence-electron chi connectivity index (χ3n) is 7.96. The average molecular weight is 613 g/mol. The minimum atomic E-state index is -4.63. The smallest absolute Gasteiger partial charge is 0.313 e. The minimum Gasteiger partial charge on any atom is -0.313 e. The van der Waals surface area contributed by atoms with Crippen molar-refractivity contribution in [2.75, 3.05) is 11.9 Å². The summed E-state index contributed by atoms with van der Waals surface area (Å²) in [6.45, 7) is 5.97. The molecule has 0 saturated carbocycles. The number of carbonyl (C=O) groups is 2. The summed E-state index contributed by atoms with van der Waals surface area (Å²) in [5.41, 5.74) is 3.55. The number of nitrogens with zero attached hydrogens (tertiary/aromatic N) is 2. The molecule has 2 aromatic heterocycles. The number of hydrogen-bond acceptors (Lipinski definition) is 5. The van der Waals surface area contributed by atoms with Gasteiger partial charge in [-0.2, -0.15) is 18.3 Å². The van der Waals surface area contributed by atoms with Crippen LogP contribution in [0.3, 0.4) is 0 Å². The van der Waals surface area contributed by atoms with Gasteiger partial charge in [0.05, 0.1) is 33.6 Å². The summed E-state index contributed by atoms with van der Waals surface area (Å²) >= 11 is 7.19. The number of ketones is 1. The molecule has 218 valence electrons. The summed E-state index contributed by atoms with van der Waals surface area (Å²) in [5.74, 6) is -0.639. The van der Waals surface area contributed by atoms with E-state index < -0.39 is 16.8 Å². The van der Waals surface area contributed by atoms with Crippen molar-refractivity contribution in [3.05, 3.63) is 97.6 Å². The number of halogens is 4. The molecule has 2 N–H and O–H groups in total. The number of rotatable bonds is 5. The molecule has 6 nitrogen and oxygen atoms in total. The van der Waals surface area contributed by atoms with Gasteiger partial charge in [-0.15, -0.1) is 11.3 Å². The molecule has 1 aliphatic heterocycles. The first kappa shape index (κ1) is 28.6. The third-order valence-corrected chi connectivity index (χ3v) is 9.43. The maximum Gasteiger partial charge on any atom is 0.417 e. The Morgan fingerprint density at radius 3 is 2.69 bits per heavy atom. The summed E-state index contributed by atoms with van der Waals surface area (Å²) in [6, 6.07) is 9.15. The molecule has 1 amide bonds. The van der Waals surface area contributed by atoms with Crippen molar-refractivity contribution in [2.45, 2.75) is 52.3 Å². The Morgan fingerprint density at radius 2 is 1.90 bits per heavy atom.